The first-order chi connectivity index (χ1) is 10.7. The first-order valence-corrected chi connectivity index (χ1v) is 8.12. The zero-order valence-electron chi connectivity index (χ0n) is 14.7. The Kier molecular flexibility index (Phi) is 5.32. The van der Waals surface area contributed by atoms with Gasteiger partial charge in [0.2, 0.25) is 5.91 Å². The highest BCUT2D eigenvalue weighted by atomic mass is 16.5. The van der Waals surface area contributed by atoms with Gasteiger partial charge in [-0.15, -0.1) is 0 Å². The molecule has 2 rings (SSSR count). The molecule has 0 unspecified atom stereocenters. The maximum atomic E-state index is 11.1. The highest BCUT2D eigenvalue weighted by Gasteiger charge is 2.45. The van der Waals surface area contributed by atoms with Crippen LogP contribution in [0.4, 0.5) is 5.69 Å². The Morgan fingerprint density at radius 1 is 1.35 bits per heavy atom. The summed E-state index contributed by atoms with van der Waals surface area (Å²) in [6.45, 7) is 11.3. The van der Waals surface area contributed by atoms with Gasteiger partial charge in [-0.05, 0) is 46.2 Å². The quantitative estimate of drug-likeness (QED) is 0.791. The van der Waals surface area contributed by atoms with Crippen LogP contribution in [0.2, 0.25) is 0 Å². The highest BCUT2D eigenvalue weighted by molar-refractivity contribution is 5.88. The minimum Gasteiger partial charge on any atom is -0.492 e. The van der Waals surface area contributed by atoms with Crippen molar-refractivity contribution >= 4 is 11.6 Å². The Balaban J connectivity index is 1.79. The van der Waals surface area contributed by atoms with Crippen LogP contribution in [0.1, 0.15) is 41.0 Å². The Morgan fingerprint density at radius 2 is 2.09 bits per heavy atom. The average Bonchev–Trinajstić information content (AvgIpc) is 2.62. The molecule has 1 fully saturated rings. The molecule has 2 N–H and O–H groups in total. The van der Waals surface area contributed by atoms with E-state index in [9.17, 15) is 4.79 Å². The molecule has 0 saturated carbocycles. The largest absolute Gasteiger partial charge is 0.492 e. The van der Waals surface area contributed by atoms with Crippen LogP contribution in [0, 0.1) is 0 Å². The van der Waals surface area contributed by atoms with Crippen molar-refractivity contribution in [3.63, 3.8) is 0 Å². The number of hydrogen-bond acceptors (Lipinski definition) is 4. The maximum absolute atomic E-state index is 11.1. The van der Waals surface area contributed by atoms with E-state index in [4.69, 9.17) is 9.47 Å². The number of nitrogens with one attached hydrogen (secondary N) is 2. The van der Waals surface area contributed by atoms with Gasteiger partial charge in [0.15, 0.2) is 0 Å². The van der Waals surface area contributed by atoms with E-state index in [1.54, 1.807) is 0 Å². The fraction of sp³-hybridized carbons (Fsp3) is 0.611. The van der Waals surface area contributed by atoms with Gasteiger partial charge in [0, 0.05) is 31.3 Å². The third-order valence-electron chi connectivity index (χ3n) is 3.99. The summed E-state index contributed by atoms with van der Waals surface area (Å²) in [7, 11) is 0. The molecule has 1 aliphatic rings. The monoisotopic (exact) mass is 320 g/mol. The number of carbonyl (C=O) groups excluding carboxylic acids is 1. The topological polar surface area (TPSA) is 59.6 Å². The molecule has 1 aromatic carbocycles. The van der Waals surface area contributed by atoms with E-state index >= 15 is 0 Å². The van der Waals surface area contributed by atoms with Crippen molar-refractivity contribution in [1.82, 2.24) is 5.32 Å². The summed E-state index contributed by atoms with van der Waals surface area (Å²) in [5.74, 6) is 0.662. The predicted octanol–water partition coefficient (Wildman–Crippen LogP) is 2.96. The van der Waals surface area contributed by atoms with Crippen LogP contribution in [-0.2, 0) is 9.53 Å². The normalized spacial score (nSPS) is 21.9. The fourth-order valence-corrected chi connectivity index (χ4v) is 3.15. The van der Waals surface area contributed by atoms with Crippen LogP contribution < -0.4 is 15.4 Å². The molecule has 1 heterocycles. The van der Waals surface area contributed by atoms with Gasteiger partial charge in [0.1, 0.15) is 12.4 Å². The minimum atomic E-state index is -0.172. The van der Waals surface area contributed by atoms with Gasteiger partial charge in [-0.2, -0.15) is 0 Å². The summed E-state index contributed by atoms with van der Waals surface area (Å²) in [6, 6.07) is 7.73. The van der Waals surface area contributed by atoms with E-state index < -0.39 is 0 Å². The first-order valence-electron chi connectivity index (χ1n) is 8.12. The summed E-state index contributed by atoms with van der Waals surface area (Å²) in [6.07, 6.45) is 0.984. The second-order valence-corrected chi connectivity index (χ2v) is 7.23. The van der Waals surface area contributed by atoms with Crippen molar-refractivity contribution < 1.29 is 14.3 Å². The van der Waals surface area contributed by atoms with Crippen LogP contribution in [-0.4, -0.2) is 36.3 Å². The standard InChI is InChI=1S/C18H28N2O3/c1-13(21)20-14-7-6-8-15(11-14)22-10-9-19-16-12-17(2,3)23-18(16,4)5/h6-8,11,16,19H,9-10,12H2,1-5H3,(H,20,21)/t16-/m1/s1. The lowest BCUT2D eigenvalue weighted by Crippen LogP contribution is -2.44. The van der Waals surface area contributed by atoms with Gasteiger partial charge in [0.25, 0.3) is 0 Å². The van der Waals surface area contributed by atoms with E-state index in [0.717, 1.165) is 24.4 Å². The molecule has 0 spiro atoms. The van der Waals surface area contributed by atoms with Crippen LogP contribution in [0.3, 0.4) is 0 Å². The smallest absolute Gasteiger partial charge is 0.221 e. The van der Waals surface area contributed by atoms with Gasteiger partial charge < -0.3 is 20.1 Å². The zero-order valence-corrected chi connectivity index (χ0v) is 14.7. The molecule has 1 saturated heterocycles. The van der Waals surface area contributed by atoms with E-state index in [-0.39, 0.29) is 17.1 Å². The molecule has 23 heavy (non-hydrogen) atoms. The Morgan fingerprint density at radius 3 is 2.70 bits per heavy atom. The van der Waals surface area contributed by atoms with Gasteiger partial charge in [-0.25, -0.2) is 0 Å². The summed E-state index contributed by atoms with van der Waals surface area (Å²) in [4.78, 5) is 11.1. The van der Waals surface area contributed by atoms with E-state index in [2.05, 4.69) is 38.3 Å². The Hall–Kier alpha value is -1.59. The summed E-state index contributed by atoms with van der Waals surface area (Å²) >= 11 is 0. The molecule has 0 bridgehead atoms. The predicted molar refractivity (Wildman–Crippen MR) is 91.9 cm³/mol. The SMILES string of the molecule is CC(=O)Nc1cccc(OCCN[C@@H]2CC(C)(C)OC2(C)C)c1. The van der Waals surface area contributed by atoms with Crippen LogP contribution in [0.15, 0.2) is 24.3 Å². The summed E-state index contributed by atoms with van der Waals surface area (Å²) in [5.41, 5.74) is 0.485. The summed E-state index contributed by atoms with van der Waals surface area (Å²) in [5, 5.41) is 6.27. The van der Waals surface area contributed by atoms with Crippen molar-refractivity contribution in [2.24, 2.45) is 0 Å². The van der Waals surface area contributed by atoms with E-state index in [1.165, 1.54) is 6.92 Å². The lowest BCUT2D eigenvalue weighted by atomic mass is 9.94. The number of carbonyl (C=O) groups is 1. The molecule has 1 aromatic rings. The average molecular weight is 320 g/mol. The molecule has 5 heteroatoms. The molecule has 0 radical (unpaired) electrons. The second kappa shape index (κ2) is 6.89. The lowest BCUT2D eigenvalue weighted by molar-refractivity contribution is -0.114. The van der Waals surface area contributed by atoms with Crippen molar-refractivity contribution in [3.05, 3.63) is 24.3 Å². The van der Waals surface area contributed by atoms with Crippen molar-refractivity contribution in [2.75, 3.05) is 18.5 Å². The number of benzene rings is 1. The maximum Gasteiger partial charge on any atom is 0.221 e. The lowest BCUT2D eigenvalue weighted by Gasteiger charge is -2.27. The van der Waals surface area contributed by atoms with Gasteiger partial charge >= 0.3 is 0 Å². The zero-order chi connectivity index (χ0) is 17.1. The van der Waals surface area contributed by atoms with Crippen LogP contribution in [0.25, 0.3) is 0 Å². The van der Waals surface area contributed by atoms with E-state index in [1.807, 2.05) is 24.3 Å². The van der Waals surface area contributed by atoms with E-state index in [0.29, 0.717) is 12.6 Å². The summed E-state index contributed by atoms with van der Waals surface area (Å²) < 4.78 is 11.8. The number of rotatable bonds is 6. The van der Waals surface area contributed by atoms with Crippen molar-refractivity contribution in [3.8, 4) is 5.75 Å². The molecule has 1 amide bonds. The fourth-order valence-electron chi connectivity index (χ4n) is 3.15. The van der Waals surface area contributed by atoms with Crippen molar-refractivity contribution in [1.29, 1.82) is 0 Å². The van der Waals surface area contributed by atoms with Crippen LogP contribution in [0.5, 0.6) is 5.75 Å². The molecular formula is C18H28N2O3. The van der Waals surface area contributed by atoms with Crippen molar-refractivity contribution in [2.45, 2.75) is 58.3 Å². The number of ether oxygens (including phenoxy) is 2. The molecule has 5 nitrogen and oxygen atoms in total. The Labute approximate surface area is 138 Å². The molecule has 128 valence electrons. The Bertz CT molecular complexity index is 555. The number of anilines is 1. The number of amides is 1. The van der Waals surface area contributed by atoms with Gasteiger partial charge in [-0.3, -0.25) is 4.79 Å². The van der Waals surface area contributed by atoms with Crippen LogP contribution >= 0.6 is 0 Å². The third-order valence-corrected chi connectivity index (χ3v) is 3.99. The molecule has 0 aliphatic carbocycles. The minimum absolute atomic E-state index is 0.0881. The van der Waals surface area contributed by atoms with Gasteiger partial charge in [0.05, 0.1) is 11.2 Å². The molecular weight excluding hydrogens is 292 g/mol. The highest BCUT2D eigenvalue weighted by Crippen LogP contribution is 2.37. The first kappa shape index (κ1) is 17.8. The second-order valence-electron chi connectivity index (χ2n) is 7.23. The third kappa shape index (κ3) is 5.22. The molecule has 0 aromatic heterocycles. The number of hydrogen-bond donors (Lipinski definition) is 2. The molecule has 1 aliphatic heterocycles. The van der Waals surface area contributed by atoms with Gasteiger partial charge in [-0.1, -0.05) is 6.07 Å². The molecule has 1 atom stereocenters.